The number of benzene rings is 5. The van der Waals surface area contributed by atoms with E-state index in [0.29, 0.717) is 33.7 Å². The summed E-state index contributed by atoms with van der Waals surface area (Å²) in [5.41, 5.74) is 6.52. The maximum Gasteiger partial charge on any atom is 0.272 e. The van der Waals surface area contributed by atoms with Gasteiger partial charge in [0, 0.05) is 21.9 Å². The summed E-state index contributed by atoms with van der Waals surface area (Å²) in [5, 5.41) is 1.02. The fourth-order valence-electron chi connectivity index (χ4n) is 5.58. The van der Waals surface area contributed by atoms with Gasteiger partial charge in [0.25, 0.3) is 26.0 Å². The average Bonchev–Trinajstić information content (AvgIpc) is 3.43. The molecule has 12 nitrogen and oxygen atoms in total. The number of anilines is 2. The molecule has 6 aromatic rings. The highest BCUT2D eigenvalue weighted by Gasteiger charge is 2.30. The SMILES string of the molecule is COc1ccc(NNC(=O)c2c(C)n(S(=O)(=O)c3ccc(OC)cc3)c3c2cc(NS(=O)(=O)c2ccc(OC)cc2)c2ccccc23)cc1. The van der Waals surface area contributed by atoms with Gasteiger partial charge >= 0.3 is 0 Å². The molecular formula is C35H32N4O8S2. The van der Waals surface area contributed by atoms with Crippen LogP contribution < -0.4 is 29.8 Å². The Hall–Kier alpha value is -5.73. The number of hydrazine groups is 1. The molecule has 0 fully saturated rings. The van der Waals surface area contributed by atoms with E-state index in [1.807, 2.05) is 0 Å². The zero-order chi connectivity index (χ0) is 34.9. The summed E-state index contributed by atoms with van der Waals surface area (Å²) < 4.78 is 75.3. The Bertz CT molecular complexity index is 2410. The molecule has 6 rings (SSSR count). The first-order chi connectivity index (χ1) is 23.5. The van der Waals surface area contributed by atoms with Gasteiger partial charge in [0.05, 0.1) is 53.6 Å². The van der Waals surface area contributed by atoms with Crippen LogP contribution in [0.15, 0.2) is 113 Å². The molecule has 1 amide bonds. The third-order valence-corrected chi connectivity index (χ3v) is 11.2. The van der Waals surface area contributed by atoms with Gasteiger partial charge in [0.1, 0.15) is 17.2 Å². The minimum Gasteiger partial charge on any atom is -0.497 e. The van der Waals surface area contributed by atoms with Crippen molar-refractivity contribution >= 4 is 59.0 Å². The summed E-state index contributed by atoms with van der Waals surface area (Å²) in [6.07, 6.45) is 0. The Morgan fingerprint density at radius 3 is 1.71 bits per heavy atom. The van der Waals surface area contributed by atoms with Crippen LogP contribution in [-0.4, -0.2) is 48.0 Å². The first-order valence-electron chi connectivity index (χ1n) is 14.8. The maximum atomic E-state index is 14.4. The predicted octanol–water partition coefficient (Wildman–Crippen LogP) is 5.92. The van der Waals surface area contributed by atoms with Gasteiger partial charge in [-0.25, -0.2) is 20.8 Å². The summed E-state index contributed by atoms with van der Waals surface area (Å²) in [4.78, 5) is 13.9. The average molecular weight is 701 g/mol. The molecular weight excluding hydrogens is 669 g/mol. The number of carbonyl (C=O) groups is 1. The first-order valence-corrected chi connectivity index (χ1v) is 17.7. The fraction of sp³-hybridized carbons (Fsp3) is 0.114. The van der Waals surface area contributed by atoms with E-state index in [0.717, 1.165) is 3.97 Å². The van der Waals surface area contributed by atoms with E-state index in [2.05, 4.69) is 15.6 Å². The Kier molecular flexibility index (Phi) is 8.84. The number of aromatic nitrogens is 1. The topological polar surface area (TPSA) is 154 Å². The third-order valence-electron chi connectivity index (χ3n) is 8.00. The number of amides is 1. The van der Waals surface area contributed by atoms with Crippen LogP contribution in [0.2, 0.25) is 0 Å². The maximum absolute atomic E-state index is 14.4. The number of nitrogens with zero attached hydrogens (tertiary/aromatic N) is 1. The number of methoxy groups -OCH3 is 3. The lowest BCUT2D eigenvalue weighted by Crippen LogP contribution is -2.30. The molecule has 1 heterocycles. The molecule has 0 unspecified atom stereocenters. The van der Waals surface area contributed by atoms with Crippen LogP contribution in [0.25, 0.3) is 21.7 Å². The molecule has 1 aromatic heterocycles. The molecule has 5 aromatic carbocycles. The first kappa shape index (κ1) is 33.2. The van der Waals surface area contributed by atoms with Gasteiger partial charge in [-0.15, -0.1) is 0 Å². The van der Waals surface area contributed by atoms with Crippen LogP contribution in [0.5, 0.6) is 17.2 Å². The van der Waals surface area contributed by atoms with Gasteiger partial charge < -0.3 is 14.2 Å². The van der Waals surface area contributed by atoms with Crippen LogP contribution in [0.4, 0.5) is 11.4 Å². The molecule has 3 N–H and O–H groups in total. The van der Waals surface area contributed by atoms with E-state index >= 15 is 0 Å². The van der Waals surface area contributed by atoms with Crippen LogP contribution in [0.1, 0.15) is 16.1 Å². The number of nitrogens with one attached hydrogen (secondary N) is 3. The van der Waals surface area contributed by atoms with Crippen molar-refractivity contribution in [3.63, 3.8) is 0 Å². The Labute approximate surface area is 283 Å². The summed E-state index contributed by atoms with van der Waals surface area (Å²) >= 11 is 0. The normalized spacial score (nSPS) is 11.7. The van der Waals surface area contributed by atoms with E-state index in [9.17, 15) is 21.6 Å². The molecule has 0 saturated carbocycles. The summed E-state index contributed by atoms with van der Waals surface area (Å²) in [5.74, 6) is 0.925. The summed E-state index contributed by atoms with van der Waals surface area (Å²) in [6.45, 7) is 1.53. The van der Waals surface area contributed by atoms with Gasteiger partial charge in [0.15, 0.2) is 0 Å². The van der Waals surface area contributed by atoms with Gasteiger partial charge in [-0.1, -0.05) is 24.3 Å². The molecule has 0 aliphatic rings. The molecule has 0 aliphatic carbocycles. The Morgan fingerprint density at radius 1 is 0.653 bits per heavy atom. The fourth-order valence-corrected chi connectivity index (χ4v) is 8.23. The van der Waals surface area contributed by atoms with Crippen molar-refractivity contribution in [1.29, 1.82) is 0 Å². The number of hydrogen-bond donors (Lipinski definition) is 3. The van der Waals surface area contributed by atoms with Crippen molar-refractivity contribution in [2.75, 3.05) is 31.5 Å². The Morgan fingerprint density at radius 2 is 1.16 bits per heavy atom. The molecule has 0 saturated heterocycles. The number of carbonyl (C=O) groups excluding carboxylic acids is 1. The smallest absolute Gasteiger partial charge is 0.272 e. The third kappa shape index (κ3) is 6.19. The molecule has 0 bridgehead atoms. The molecule has 0 radical (unpaired) electrons. The second-order valence-electron chi connectivity index (χ2n) is 10.9. The van der Waals surface area contributed by atoms with Crippen LogP contribution >= 0.6 is 0 Å². The summed E-state index contributed by atoms with van der Waals surface area (Å²) in [6, 6.07) is 26.9. The lowest BCUT2D eigenvalue weighted by Gasteiger charge is -2.15. The highest BCUT2D eigenvalue weighted by atomic mass is 32.2. The molecule has 0 atom stereocenters. The largest absolute Gasteiger partial charge is 0.497 e. The number of ether oxygens (including phenoxy) is 3. The van der Waals surface area contributed by atoms with Gasteiger partial charge in [0.2, 0.25) is 0 Å². The van der Waals surface area contributed by atoms with Crippen LogP contribution in [-0.2, 0) is 20.0 Å². The highest BCUT2D eigenvalue weighted by molar-refractivity contribution is 7.92. The number of fused-ring (bicyclic) bond motifs is 3. The molecule has 252 valence electrons. The summed E-state index contributed by atoms with van der Waals surface area (Å²) in [7, 11) is -3.94. The molecule has 0 aliphatic heterocycles. The second kappa shape index (κ2) is 13.1. The Balaban J connectivity index is 1.55. The van der Waals surface area contributed by atoms with Crippen molar-refractivity contribution in [1.82, 2.24) is 9.40 Å². The van der Waals surface area contributed by atoms with Gasteiger partial charge in [-0.3, -0.25) is 20.4 Å². The van der Waals surface area contributed by atoms with Crippen molar-refractivity contribution in [2.45, 2.75) is 16.7 Å². The monoisotopic (exact) mass is 700 g/mol. The van der Waals surface area contributed by atoms with E-state index in [1.54, 1.807) is 48.5 Å². The van der Waals surface area contributed by atoms with E-state index in [-0.39, 0.29) is 37.6 Å². The molecule has 14 heteroatoms. The lowest BCUT2D eigenvalue weighted by atomic mass is 10.0. The van der Waals surface area contributed by atoms with E-state index in [1.165, 1.54) is 82.9 Å². The molecule has 49 heavy (non-hydrogen) atoms. The lowest BCUT2D eigenvalue weighted by molar-refractivity contribution is 0.0963. The quantitative estimate of drug-likeness (QED) is 0.140. The van der Waals surface area contributed by atoms with Crippen molar-refractivity contribution in [3.05, 3.63) is 114 Å². The van der Waals surface area contributed by atoms with Crippen molar-refractivity contribution in [3.8, 4) is 17.2 Å². The number of hydrogen-bond acceptors (Lipinski definition) is 9. The second-order valence-corrected chi connectivity index (χ2v) is 14.3. The zero-order valence-electron chi connectivity index (χ0n) is 26.8. The van der Waals surface area contributed by atoms with E-state index < -0.39 is 26.0 Å². The minimum atomic E-state index is -4.30. The van der Waals surface area contributed by atoms with Crippen LogP contribution in [0, 0.1) is 6.92 Å². The van der Waals surface area contributed by atoms with Crippen LogP contribution in [0.3, 0.4) is 0 Å². The van der Waals surface area contributed by atoms with E-state index in [4.69, 9.17) is 14.2 Å². The number of rotatable bonds is 11. The zero-order valence-corrected chi connectivity index (χ0v) is 28.5. The van der Waals surface area contributed by atoms with Crippen molar-refractivity contribution < 1.29 is 35.8 Å². The van der Waals surface area contributed by atoms with Gasteiger partial charge in [-0.2, -0.15) is 0 Å². The minimum absolute atomic E-state index is 0.0174. The van der Waals surface area contributed by atoms with Gasteiger partial charge in [-0.05, 0) is 85.8 Å². The predicted molar refractivity (Wildman–Crippen MR) is 188 cm³/mol. The highest BCUT2D eigenvalue weighted by Crippen LogP contribution is 2.39. The van der Waals surface area contributed by atoms with Crippen molar-refractivity contribution in [2.24, 2.45) is 0 Å². The standard InChI is InChI=1S/C35H32N4O8S2/c1-22-33(35(40)37-36-23-9-11-24(45-2)12-10-23)31-21-32(38-48(41,42)27-17-13-25(46-3)14-18-27)29-7-5-6-8-30(29)34(31)39(22)49(43,44)28-19-15-26(47-4)16-20-28/h5-21,36,38H,1-4H3,(H,37,40). The number of sulfonamides is 1. The molecule has 0 spiro atoms.